The van der Waals surface area contributed by atoms with E-state index in [0.29, 0.717) is 32.4 Å². The van der Waals surface area contributed by atoms with Gasteiger partial charge >= 0.3 is 0 Å². The molecule has 0 aliphatic carbocycles. The lowest BCUT2D eigenvalue weighted by molar-refractivity contribution is -0.139. The zero-order valence-corrected chi connectivity index (χ0v) is 23.2. The van der Waals surface area contributed by atoms with Crippen molar-refractivity contribution in [1.29, 1.82) is 0 Å². The van der Waals surface area contributed by atoms with Gasteiger partial charge < -0.3 is 20.3 Å². The van der Waals surface area contributed by atoms with Crippen molar-refractivity contribution in [2.24, 2.45) is 5.92 Å². The summed E-state index contributed by atoms with van der Waals surface area (Å²) in [6, 6.07) is 6.58. The normalized spacial score (nSPS) is 22.6. The number of nitrogens with one attached hydrogen (secondary N) is 3. The maximum atomic E-state index is 13.5. The minimum Gasteiger partial charge on any atom is -0.361 e. The summed E-state index contributed by atoms with van der Waals surface area (Å²) in [5.41, 5.74) is -0.0932. The first-order chi connectivity index (χ1) is 17.8. The standard InChI is InChI=1S/C26H38N4O7S/c1-17(2)13-19(23(32)26(3)16-37-26)28-24(33)20(14-18-9-6-5-7-10-18)29-25(34)21-11-8-12-30(21)22(31)15-27-38(4,35)36/h5-7,9-10,17,19-21,27H,8,11-16H2,1-4H3,(H,28,33)(H,29,34)/t19-,20-,21-,26+/m0/s1. The molecule has 3 rings (SSSR count). The zero-order chi connectivity index (χ0) is 28.1. The molecule has 0 saturated carbocycles. The molecule has 3 amide bonds. The van der Waals surface area contributed by atoms with E-state index in [9.17, 15) is 27.6 Å². The monoisotopic (exact) mass is 550 g/mol. The third-order valence-corrected chi connectivity index (χ3v) is 7.38. The summed E-state index contributed by atoms with van der Waals surface area (Å²) >= 11 is 0. The summed E-state index contributed by atoms with van der Waals surface area (Å²) < 4.78 is 30.3. The first kappa shape index (κ1) is 29.7. The van der Waals surface area contributed by atoms with Crippen molar-refractivity contribution in [3.05, 3.63) is 35.9 Å². The predicted octanol–water partition coefficient (Wildman–Crippen LogP) is 0.143. The number of carbonyl (C=O) groups excluding carboxylic acids is 4. The van der Waals surface area contributed by atoms with Crippen molar-refractivity contribution >= 4 is 33.5 Å². The highest BCUT2D eigenvalue weighted by Crippen LogP contribution is 2.29. The van der Waals surface area contributed by atoms with Crippen LogP contribution in [0.1, 0.15) is 45.6 Å². The van der Waals surface area contributed by atoms with Gasteiger partial charge in [-0.3, -0.25) is 19.2 Å². The van der Waals surface area contributed by atoms with E-state index in [2.05, 4.69) is 15.4 Å². The summed E-state index contributed by atoms with van der Waals surface area (Å²) in [7, 11) is -3.57. The predicted molar refractivity (Wildman–Crippen MR) is 140 cm³/mol. The van der Waals surface area contributed by atoms with E-state index in [1.54, 1.807) is 6.92 Å². The van der Waals surface area contributed by atoms with E-state index < -0.39 is 58.0 Å². The molecule has 2 aliphatic heterocycles. The molecular formula is C26H38N4O7S. The molecule has 1 aromatic carbocycles. The molecule has 1 aromatic rings. The van der Waals surface area contributed by atoms with Gasteiger partial charge in [0.2, 0.25) is 27.7 Å². The molecular weight excluding hydrogens is 512 g/mol. The Morgan fingerprint density at radius 1 is 1.11 bits per heavy atom. The molecule has 12 heteroatoms. The Balaban J connectivity index is 1.75. The van der Waals surface area contributed by atoms with E-state index >= 15 is 0 Å². The minimum absolute atomic E-state index is 0.132. The molecule has 2 fully saturated rings. The number of likely N-dealkylation sites (tertiary alicyclic amines) is 1. The van der Waals surface area contributed by atoms with Crippen LogP contribution >= 0.6 is 0 Å². The fourth-order valence-electron chi connectivity index (χ4n) is 4.55. The van der Waals surface area contributed by atoms with Crippen molar-refractivity contribution in [2.75, 3.05) is 26.0 Å². The third kappa shape index (κ3) is 8.34. The van der Waals surface area contributed by atoms with Crippen molar-refractivity contribution < 1.29 is 32.3 Å². The van der Waals surface area contributed by atoms with E-state index in [1.165, 1.54) is 4.90 Å². The number of nitrogens with zero attached hydrogens (tertiary/aromatic N) is 1. The molecule has 38 heavy (non-hydrogen) atoms. The maximum Gasteiger partial charge on any atom is 0.243 e. The zero-order valence-electron chi connectivity index (χ0n) is 22.4. The highest BCUT2D eigenvalue weighted by Gasteiger charge is 2.50. The van der Waals surface area contributed by atoms with Gasteiger partial charge in [-0.25, -0.2) is 13.1 Å². The van der Waals surface area contributed by atoms with Crippen LogP contribution in [0.4, 0.5) is 0 Å². The quantitative estimate of drug-likeness (QED) is 0.295. The Labute approximate surface area is 224 Å². The summed E-state index contributed by atoms with van der Waals surface area (Å²) in [6.07, 6.45) is 2.52. The molecule has 0 radical (unpaired) electrons. The Hall–Kier alpha value is -2.83. The number of rotatable bonds is 13. The molecule has 2 saturated heterocycles. The van der Waals surface area contributed by atoms with Gasteiger partial charge in [0.15, 0.2) is 5.78 Å². The molecule has 2 aliphatic rings. The highest BCUT2D eigenvalue weighted by atomic mass is 32.2. The van der Waals surface area contributed by atoms with Gasteiger partial charge in [-0.15, -0.1) is 0 Å². The number of amides is 3. The minimum atomic E-state index is -3.57. The lowest BCUT2D eigenvalue weighted by Gasteiger charge is -2.28. The van der Waals surface area contributed by atoms with Crippen LogP contribution in [0.5, 0.6) is 0 Å². The van der Waals surface area contributed by atoms with Gasteiger partial charge in [-0.05, 0) is 37.7 Å². The van der Waals surface area contributed by atoms with E-state index in [1.807, 2.05) is 44.2 Å². The molecule has 3 N–H and O–H groups in total. The largest absolute Gasteiger partial charge is 0.361 e. The van der Waals surface area contributed by atoms with E-state index in [-0.39, 0.29) is 18.1 Å². The first-order valence-electron chi connectivity index (χ1n) is 12.9. The molecule has 2 heterocycles. The fraction of sp³-hybridized carbons (Fsp3) is 0.615. The van der Waals surface area contributed by atoms with Gasteiger partial charge in [-0.2, -0.15) is 0 Å². The fourth-order valence-corrected chi connectivity index (χ4v) is 4.94. The van der Waals surface area contributed by atoms with Crippen molar-refractivity contribution in [1.82, 2.24) is 20.3 Å². The number of carbonyl (C=O) groups is 4. The number of benzene rings is 1. The Bertz CT molecular complexity index is 1140. The number of sulfonamides is 1. The molecule has 0 bridgehead atoms. The number of epoxide rings is 1. The van der Waals surface area contributed by atoms with Crippen LogP contribution < -0.4 is 15.4 Å². The van der Waals surface area contributed by atoms with Crippen LogP contribution in [0, 0.1) is 5.92 Å². The number of Topliss-reactive ketones (excluding diaryl/α,β-unsaturated/α-hetero) is 1. The van der Waals surface area contributed by atoms with E-state index in [4.69, 9.17) is 4.74 Å². The van der Waals surface area contributed by atoms with Crippen LogP contribution in [0.15, 0.2) is 30.3 Å². The van der Waals surface area contributed by atoms with E-state index in [0.717, 1.165) is 11.8 Å². The highest BCUT2D eigenvalue weighted by molar-refractivity contribution is 7.88. The van der Waals surface area contributed by atoms with Crippen molar-refractivity contribution in [3.63, 3.8) is 0 Å². The number of ketones is 1. The molecule has 210 valence electrons. The average molecular weight is 551 g/mol. The first-order valence-corrected chi connectivity index (χ1v) is 14.8. The van der Waals surface area contributed by atoms with Crippen LogP contribution in [0.3, 0.4) is 0 Å². The molecule has 11 nitrogen and oxygen atoms in total. The van der Waals surface area contributed by atoms with Crippen LogP contribution in [0.2, 0.25) is 0 Å². The second kappa shape index (κ2) is 12.4. The topological polar surface area (TPSA) is 154 Å². The second-order valence-corrected chi connectivity index (χ2v) is 12.5. The number of hydrogen-bond acceptors (Lipinski definition) is 7. The van der Waals surface area contributed by atoms with Crippen molar-refractivity contribution in [3.8, 4) is 0 Å². The number of ether oxygens (including phenoxy) is 1. The molecule has 4 atom stereocenters. The summed E-state index contributed by atoms with van der Waals surface area (Å²) in [4.78, 5) is 53.8. The van der Waals surface area contributed by atoms with Crippen LogP contribution in [0.25, 0.3) is 0 Å². The van der Waals surface area contributed by atoms with Gasteiger partial charge in [-0.1, -0.05) is 44.2 Å². The van der Waals surface area contributed by atoms with Crippen LogP contribution in [-0.2, 0) is 40.4 Å². The SMILES string of the molecule is CC(C)C[C@H](NC(=O)[C@H](Cc1ccccc1)NC(=O)[C@@H]1CCCN1C(=O)CNS(C)(=O)=O)C(=O)[C@@]1(C)CO1. The smallest absolute Gasteiger partial charge is 0.243 e. The molecule has 0 unspecified atom stereocenters. The lowest BCUT2D eigenvalue weighted by Crippen LogP contribution is -2.57. The summed E-state index contributed by atoms with van der Waals surface area (Å²) in [5.74, 6) is -1.59. The lowest BCUT2D eigenvalue weighted by atomic mass is 9.93. The summed E-state index contributed by atoms with van der Waals surface area (Å²) in [6.45, 7) is 5.77. The Morgan fingerprint density at radius 3 is 2.34 bits per heavy atom. The third-order valence-electron chi connectivity index (χ3n) is 6.72. The van der Waals surface area contributed by atoms with Crippen molar-refractivity contribution in [2.45, 2.75) is 70.2 Å². The number of hydrogen-bond donors (Lipinski definition) is 3. The van der Waals surface area contributed by atoms with Gasteiger partial charge in [0.25, 0.3) is 0 Å². The maximum absolute atomic E-state index is 13.5. The van der Waals surface area contributed by atoms with Crippen LogP contribution in [-0.4, -0.2) is 86.5 Å². The van der Waals surface area contributed by atoms with Gasteiger partial charge in [0.1, 0.15) is 17.7 Å². The molecule has 0 aromatic heterocycles. The average Bonchev–Trinajstić information content (AvgIpc) is 3.40. The van der Waals surface area contributed by atoms with Gasteiger partial charge in [0, 0.05) is 13.0 Å². The second-order valence-electron chi connectivity index (χ2n) is 10.7. The molecule has 0 spiro atoms. The van der Waals surface area contributed by atoms with Gasteiger partial charge in [0.05, 0.1) is 25.4 Å². The Kier molecular flexibility index (Phi) is 9.66. The summed E-state index contributed by atoms with van der Waals surface area (Å²) in [5, 5.41) is 5.63. The Morgan fingerprint density at radius 2 is 1.76 bits per heavy atom.